The average Bonchev–Trinajstić information content (AvgIpc) is 2.86. The molecule has 5 rings (SSSR count). The third-order valence-corrected chi connectivity index (χ3v) is 6.40. The summed E-state index contributed by atoms with van der Waals surface area (Å²) in [6, 6.07) is -0.534. The fourth-order valence-corrected chi connectivity index (χ4v) is 5.44. The van der Waals surface area contributed by atoms with Gasteiger partial charge in [-0.1, -0.05) is 6.08 Å². The van der Waals surface area contributed by atoms with Crippen molar-refractivity contribution in [1.29, 1.82) is 0 Å². The Kier molecular flexibility index (Phi) is 2.51. The molecule has 7 heteroatoms. The van der Waals surface area contributed by atoms with Crippen LogP contribution in [-0.4, -0.2) is 68.7 Å². The molecule has 0 aromatic rings. The lowest BCUT2D eigenvalue weighted by Crippen LogP contribution is -2.66. The van der Waals surface area contributed by atoms with E-state index in [9.17, 15) is 25.2 Å². The van der Waals surface area contributed by atoms with Crippen LogP contribution in [0.5, 0.6) is 0 Å². The summed E-state index contributed by atoms with van der Waals surface area (Å²) in [5.74, 6) is -2.93. The number of nitrogens with zero attached hydrogens (tertiary/aromatic N) is 1. The minimum Gasteiger partial charge on any atom is -0.512 e. The van der Waals surface area contributed by atoms with Crippen molar-refractivity contribution in [2.24, 2.45) is 11.3 Å². The molecule has 1 saturated carbocycles. The van der Waals surface area contributed by atoms with Crippen molar-refractivity contribution in [2.75, 3.05) is 13.6 Å². The highest BCUT2D eigenvalue weighted by atomic mass is 16.6. The maximum atomic E-state index is 13.1. The molecule has 0 radical (unpaired) electrons. The van der Waals surface area contributed by atoms with E-state index in [4.69, 9.17) is 4.74 Å². The van der Waals surface area contributed by atoms with Gasteiger partial charge >= 0.3 is 0 Å². The van der Waals surface area contributed by atoms with Gasteiger partial charge in [0.2, 0.25) is 5.79 Å². The van der Waals surface area contributed by atoms with Crippen molar-refractivity contribution in [1.82, 2.24) is 4.90 Å². The van der Waals surface area contributed by atoms with Crippen LogP contribution in [0.15, 0.2) is 34.8 Å². The number of carbonyl (C=O) groups is 1. The lowest BCUT2D eigenvalue weighted by molar-refractivity contribution is -0.173. The third-order valence-electron chi connectivity index (χ3n) is 6.40. The second kappa shape index (κ2) is 4.11. The molecule has 128 valence electrons. The molecule has 5 aliphatic rings. The van der Waals surface area contributed by atoms with Gasteiger partial charge in [0.15, 0.2) is 11.5 Å². The molecule has 3 aliphatic carbocycles. The molecule has 0 amide bonds. The van der Waals surface area contributed by atoms with Gasteiger partial charge in [0.1, 0.15) is 12.2 Å². The summed E-state index contributed by atoms with van der Waals surface area (Å²) >= 11 is 0. The van der Waals surface area contributed by atoms with Crippen LogP contribution < -0.4 is 0 Å². The highest BCUT2D eigenvalue weighted by Gasteiger charge is 2.71. The largest absolute Gasteiger partial charge is 0.512 e. The van der Waals surface area contributed by atoms with Gasteiger partial charge in [-0.25, -0.2) is 0 Å². The zero-order valence-electron chi connectivity index (χ0n) is 13.1. The first kappa shape index (κ1) is 14.7. The molecule has 2 fully saturated rings. The molecule has 0 aromatic heterocycles. The topological polar surface area (TPSA) is 110 Å². The van der Waals surface area contributed by atoms with Crippen molar-refractivity contribution < 1.29 is 30.0 Å². The minimum absolute atomic E-state index is 0.0212. The van der Waals surface area contributed by atoms with Gasteiger partial charge in [0.25, 0.3) is 0 Å². The molecule has 7 nitrogen and oxygen atoms in total. The Bertz CT molecular complexity index is 765. The number of piperidine rings is 1. The highest BCUT2D eigenvalue weighted by Crippen LogP contribution is 2.65. The Hall–Kier alpha value is -1.67. The molecule has 2 aliphatic heterocycles. The first-order valence-corrected chi connectivity index (χ1v) is 8.19. The molecule has 0 unspecified atom stereocenters. The SMILES string of the molecule is CN1CC[C@]23C4=C5O[C@H]2[C@@H](O)C=C(O)[C@H]3[C@H]1C(=O)C4=CCC5(O)O. The molecular weight excluding hydrogens is 314 g/mol. The van der Waals surface area contributed by atoms with Crippen LogP contribution in [0.2, 0.25) is 0 Å². The number of likely N-dealkylation sites (tertiary alicyclic amines) is 1. The van der Waals surface area contributed by atoms with Gasteiger partial charge in [0, 0.05) is 17.6 Å². The van der Waals surface area contributed by atoms with Crippen LogP contribution in [0.4, 0.5) is 0 Å². The summed E-state index contributed by atoms with van der Waals surface area (Å²) in [6.45, 7) is 0.598. The van der Waals surface area contributed by atoms with E-state index < -0.39 is 35.4 Å². The molecule has 5 atom stereocenters. The number of ketones is 1. The van der Waals surface area contributed by atoms with Crippen molar-refractivity contribution in [3.8, 4) is 0 Å². The summed E-state index contributed by atoms with van der Waals surface area (Å²) in [6.07, 6.45) is 1.50. The van der Waals surface area contributed by atoms with Gasteiger partial charge in [-0.3, -0.25) is 9.69 Å². The lowest BCUT2D eigenvalue weighted by atomic mass is 9.50. The highest BCUT2D eigenvalue weighted by molar-refractivity contribution is 6.06. The van der Waals surface area contributed by atoms with Crippen molar-refractivity contribution in [3.05, 3.63) is 34.8 Å². The number of rotatable bonds is 0. The fourth-order valence-electron chi connectivity index (χ4n) is 5.44. The smallest absolute Gasteiger partial charge is 0.226 e. The van der Waals surface area contributed by atoms with Gasteiger partial charge in [-0.05, 0) is 26.1 Å². The molecular formula is C17H19NO6. The zero-order valence-corrected chi connectivity index (χ0v) is 13.1. The Labute approximate surface area is 138 Å². The maximum absolute atomic E-state index is 13.1. The van der Waals surface area contributed by atoms with E-state index in [1.807, 2.05) is 11.9 Å². The van der Waals surface area contributed by atoms with Crippen molar-refractivity contribution >= 4 is 5.78 Å². The predicted octanol–water partition coefficient (Wildman–Crippen LogP) is -0.644. The van der Waals surface area contributed by atoms with Crippen LogP contribution >= 0.6 is 0 Å². The summed E-state index contributed by atoms with van der Waals surface area (Å²) < 4.78 is 5.85. The van der Waals surface area contributed by atoms with Gasteiger partial charge < -0.3 is 25.2 Å². The first-order chi connectivity index (χ1) is 11.3. The Morgan fingerprint density at radius 2 is 2.12 bits per heavy atom. The van der Waals surface area contributed by atoms with Crippen LogP contribution in [0.1, 0.15) is 12.8 Å². The number of carbonyl (C=O) groups excluding carboxylic acids is 1. The van der Waals surface area contributed by atoms with Gasteiger partial charge in [0.05, 0.1) is 23.1 Å². The Balaban J connectivity index is 1.84. The molecule has 1 spiro atoms. The predicted molar refractivity (Wildman–Crippen MR) is 80.5 cm³/mol. The number of aliphatic hydroxyl groups is 4. The third kappa shape index (κ3) is 1.37. The summed E-state index contributed by atoms with van der Waals surface area (Å²) in [5.41, 5.74) is 0.115. The fraction of sp³-hybridized carbons (Fsp3) is 0.588. The van der Waals surface area contributed by atoms with Gasteiger partial charge in [-0.2, -0.15) is 0 Å². The number of aliphatic hydroxyl groups excluding tert-OH is 2. The molecule has 4 N–H and O–H groups in total. The summed E-state index contributed by atoms with van der Waals surface area (Å²) in [7, 11) is 1.85. The van der Waals surface area contributed by atoms with E-state index in [0.29, 0.717) is 24.1 Å². The normalized spacial score (nSPS) is 45.4. The molecule has 24 heavy (non-hydrogen) atoms. The minimum atomic E-state index is -2.19. The Morgan fingerprint density at radius 3 is 2.88 bits per heavy atom. The van der Waals surface area contributed by atoms with Crippen LogP contribution in [0.3, 0.4) is 0 Å². The number of Topliss-reactive ketones (excluding diaryl/α,β-unsaturated/α-hetero) is 1. The average molecular weight is 333 g/mol. The van der Waals surface area contributed by atoms with E-state index in [1.54, 1.807) is 6.08 Å². The lowest BCUT2D eigenvalue weighted by Gasteiger charge is -2.57. The summed E-state index contributed by atoms with van der Waals surface area (Å²) in [5, 5.41) is 41.7. The quantitative estimate of drug-likeness (QED) is 0.436. The second-order valence-corrected chi connectivity index (χ2v) is 7.52. The van der Waals surface area contributed by atoms with Crippen molar-refractivity contribution in [2.45, 2.75) is 36.9 Å². The van der Waals surface area contributed by atoms with E-state index >= 15 is 0 Å². The molecule has 2 heterocycles. The summed E-state index contributed by atoms with van der Waals surface area (Å²) in [4.78, 5) is 15.0. The standard InChI is InChI=1S/C17H19NO6/c1-18-5-4-16-10-7-2-3-17(22,23)15(10)24-14(16)9(20)6-8(19)11(16)12(18)13(7)21/h2,6,9,11-12,14,19-20,22-23H,3-5H2,1H3/t9-,11-,12-,14-,16+/m0/s1. The second-order valence-electron chi connectivity index (χ2n) is 7.52. The molecule has 0 aromatic carbocycles. The van der Waals surface area contributed by atoms with E-state index in [1.165, 1.54) is 6.08 Å². The zero-order chi connectivity index (χ0) is 17.0. The maximum Gasteiger partial charge on any atom is 0.226 e. The van der Waals surface area contributed by atoms with Crippen LogP contribution in [0, 0.1) is 11.3 Å². The molecule has 1 saturated heterocycles. The number of likely N-dealkylation sites (N-methyl/N-ethyl adjacent to an activating group) is 1. The van der Waals surface area contributed by atoms with E-state index in [0.717, 1.165) is 0 Å². The van der Waals surface area contributed by atoms with Crippen LogP contribution in [0.25, 0.3) is 0 Å². The number of hydrogen-bond donors (Lipinski definition) is 4. The van der Waals surface area contributed by atoms with Crippen molar-refractivity contribution in [3.63, 3.8) is 0 Å². The number of hydrogen-bond acceptors (Lipinski definition) is 7. The van der Waals surface area contributed by atoms with E-state index in [2.05, 4.69) is 0 Å². The first-order valence-electron chi connectivity index (χ1n) is 8.19. The Morgan fingerprint density at radius 1 is 1.38 bits per heavy atom. The monoisotopic (exact) mass is 333 g/mol. The van der Waals surface area contributed by atoms with E-state index in [-0.39, 0.29) is 23.7 Å². The molecule has 2 bridgehead atoms. The van der Waals surface area contributed by atoms with Crippen LogP contribution in [-0.2, 0) is 9.53 Å². The van der Waals surface area contributed by atoms with Gasteiger partial charge in [-0.15, -0.1) is 0 Å². The number of ether oxygens (including phenoxy) is 1.